The van der Waals surface area contributed by atoms with Crippen molar-refractivity contribution >= 4 is 16.1 Å². The highest BCUT2D eigenvalue weighted by molar-refractivity contribution is 7.85. The average Bonchev–Trinajstić information content (AvgIpc) is 2.14. The van der Waals surface area contributed by atoms with Crippen LogP contribution in [0.3, 0.4) is 0 Å². The second-order valence-electron chi connectivity index (χ2n) is 3.27. The van der Waals surface area contributed by atoms with Crippen LogP contribution in [0, 0.1) is 0 Å². The summed E-state index contributed by atoms with van der Waals surface area (Å²) in [5, 5.41) is 7.92. The molecule has 0 fully saturated rings. The average molecular weight is 240 g/mol. The molecule has 0 atom stereocenters. The minimum absolute atomic E-state index is 0.162. The lowest BCUT2D eigenvalue weighted by Gasteiger charge is -1.99. The number of carbonyl (C=O) groups excluding carboxylic acids is 1. The summed E-state index contributed by atoms with van der Waals surface area (Å²) in [4.78, 5) is 13.9. The molecule has 7 heteroatoms. The molecule has 0 radical (unpaired) electrons. The molecular weight excluding hydrogens is 224 g/mol. The van der Waals surface area contributed by atoms with Crippen LogP contribution in [-0.2, 0) is 19.8 Å². The van der Waals surface area contributed by atoms with E-state index < -0.39 is 16.1 Å². The van der Waals surface area contributed by atoms with Gasteiger partial charge >= 0.3 is 5.97 Å². The van der Waals surface area contributed by atoms with Crippen LogP contribution in [0.1, 0.15) is 38.5 Å². The first kappa shape index (κ1) is 14.3. The second-order valence-corrected chi connectivity index (χ2v) is 4.84. The number of hydrogen-bond acceptors (Lipinski definition) is 5. The summed E-state index contributed by atoms with van der Waals surface area (Å²) in [6.45, 7) is 0. The Labute approximate surface area is 88.9 Å². The Hall–Kier alpha value is -0.660. The predicted octanol–water partition coefficient (Wildman–Crippen LogP) is 1.23. The van der Waals surface area contributed by atoms with Gasteiger partial charge in [-0.15, -0.1) is 0 Å². The van der Waals surface area contributed by atoms with Gasteiger partial charge in [0.15, 0.2) is 0 Å². The lowest BCUT2D eigenvalue weighted by molar-refractivity contribution is -0.234. The standard InChI is InChI=1S/C8H16O6S/c9-8(14-10)6-4-2-1-3-5-7-15(11,12)13/h10H,1-7H2,(H,11,12,13). The Morgan fingerprint density at radius 1 is 1.07 bits per heavy atom. The minimum Gasteiger partial charge on any atom is -0.301 e. The smallest absolute Gasteiger partial charge is 0.301 e. The van der Waals surface area contributed by atoms with Crippen LogP contribution in [-0.4, -0.2) is 29.9 Å². The predicted molar refractivity (Wildman–Crippen MR) is 52.8 cm³/mol. The SMILES string of the molecule is O=C(CCCCCCCS(=O)(=O)O)OO. The number of unbranched alkanes of at least 4 members (excludes halogenated alkanes) is 4. The van der Waals surface area contributed by atoms with Crippen molar-refractivity contribution < 1.29 is 27.9 Å². The molecule has 0 aliphatic carbocycles. The molecule has 0 aromatic heterocycles. The molecule has 6 nitrogen and oxygen atoms in total. The Morgan fingerprint density at radius 2 is 1.60 bits per heavy atom. The van der Waals surface area contributed by atoms with E-state index in [9.17, 15) is 13.2 Å². The van der Waals surface area contributed by atoms with Crippen molar-refractivity contribution in [3.05, 3.63) is 0 Å². The van der Waals surface area contributed by atoms with Gasteiger partial charge in [-0.25, -0.2) is 4.79 Å². The zero-order valence-electron chi connectivity index (χ0n) is 8.39. The van der Waals surface area contributed by atoms with Gasteiger partial charge in [0.25, 0.3) is 10.1 Å². The molecule has 0 rings (SSSR count). The highest BCUT2D eigenvalue weighted by Gasteiger charge is 2.04. The molecule has 0 amide bonds. The lowest BCUT2D eigenvalue weighted by Crippen LogP contribution is -2.03. The van der Waals surface area contributed by atoms with Crippen LogP contribution in [0.15, 0.2) is 0 Å². The summed E-state index contributed by atoms with van der Waals surface area (Å²) in [6, 6.07) is 0. The van der Waals surface area contributed by atoms with Gasteiger partial charge < -0.3 is 4.89 Å². The van der Waals surface area contributed by atoms with Crippen molar-refractivity contribution in [3.8, 4) is 0 Å². The Bertz CT molecular complexity index is 271. The van der Waals surface area contributed by atoms with Crippen LogP contribution < -0.4 is 0 Å². The van der Waals surface area contributed by atoms with Crippen LogP contribution >= 0.6 is 0 Å². The molecule has 0 bridgehead atoms. The molecule has 0 spiro atoms. The zero-order chi connectivity index (χ0) is 11.7. The van der Waals surface area contributed by atoms with Gasteiger partial charge in [0.05, 0.1) is 5.75 Å². The summed E-state index contributed by atoms with van der Waals surface area (Å²) in [6.07, 6.45) is 3.42. The molecule has 0 heterocycles. The van der Waals surface area contributed by atoms with Crippen LogP contribution in [0.25, 0.3) is 0 Å². The summed E-state index contributed by atoms with van der Waals surface area (Å²) in [7, 11) is -3.84. The maximum absolute atomic E-state index is 10.4. The molecule has 0 aliphatic heterocycles. The normalized spacial score (nSPS) is 11.3. The van der Waals surface area contributed by atoms with E-state index in [1.807, 2.05) is 0 Å². The van der Waals surface area contributed by atoms with Crippen LogP contribution in [0.2, 0.25) is 0 Å². The highest BCUT2D eigenvalue weighted by atomic mass is 32.2. The maximum atomic E-state index is 10.4. The van der Waals surface area contributed by atoms with Crippen molar-refractivity contribution in [1.29, 1.82) is 0 Å². The maximum Gasteiger partial charge on any atom is 0.342 e. The van der Waals surface area contributed by atoms with Gasteiger partial charge in [-0.1, -0.05) is 19.3 Å². The fourth-order valence-electron chi connectivity index (χ4n) is 1.13. The quantitative estimate of drug-likeness (QED) is 0.286. The third-order valence-corrected chi connectivity index (χ3v) is 2.69. The Balaban J connectivity index is 3.23. The van der Waals surface area contributed by atoms with E-state index >= 15 is 0 Å². The second kappa shape index (κ2) is 7.61. The zero-order valence-corrected chi connectivity index (χ0v) is 9.20. The third-order valence-electron chi connectivity index (χ3n) is 1.89. The first-order valence-corrected chi connectivity index (χ1v) is 6.36. The van der Waals surface area contributed by atoms with Crippen molar-refractivity contribution in [1.82, 2.24) is 0 Å². The van der Waals surface area contributed by atoms with E-state index in [2.05, 4.69) is 4.89 Å². The van der Waals surface area contributed by atoms with Gasteiger partial charge in [0.1, 0.15) is 0 Å². The van der Waals surface area contributed by atoms with E-state index in [-0.39, 0.29) is 12.2 Å². The van der Waals surface area contributed by atoms with Crippen molar-refractivity contribution in [2.45, 2.75) is 38.5 Å². The number of rotatable bonds is 8. The molecule has 0 unspecified atom stereocenters. The topological polar surface area (TPSA) is 101 Å². The fraction of sp³-hybridized carbons (Fsp3) is 0.875. The van der Waals surface area contributed by atoms with Crippen LogP contribution in [0.5, 0.6) is 0 Å². The molecule has 2 N–H and O–H groups in total. The molecule has 0 saturated carbocycles. The Kier molecular flexibility index (Phi) is 7.27. The van der Waals surface area contributed by atoms with E-state index in [0.29, 0.717) is 19.3 Å². The minimum atomic E-state index is -3.84. The number of hydrogen-bond donors (Lipinski definition) is 2. The summed E-state index contributed by atoms with van der Waals surface area (Å²) < 4.78 is 29.0. The fourth-order valence-corrected chi connectivity index (χ4v) is 1.70. The van der Waals surface area contributed by atoms with Crippen LogP contribution in [0.4, 0.5) is 0 Å². The first-order chi connectivity index (χ1) is 6.95. The molecule has 0 aromatic carbocycles. The Morgan fingerprint density at radius 3 is 2.13 bits per heavy atom. The van der Waals surface area contributed by atoms with Gasteiger partial charge in [-0.2, -0.15) is 13.7 Å². The monoisotopic (exact) mass is 240 g/mol. The first-order valence-electron chi connectivity index (χ1n) is 4.75. The molecule has 90 valence electrons. The van der Waals surface area contributed by atoms with E-state index in [1.54, 1.807) is 0 Å². The molecule has 0 saturated heterocycles. The molecule has 0 aromatic rings. The van der Waals surface area contributed by atoms with Crippen molar-refractivity contribution in [3.63, 3.8) is 0 Å². The molecular formula is C8H16O6S. The third kappa shape index (κ3) is 11.3. The van der Waals surface area contributed by atoms with E-state index in [1.165, 1.54) is 0 Å². The van der Waals surface area contributed by atoms with Gasteiger partial charge in [0, 0.05) is 6.42 Å². The van der Waals surface area contributed by atoms with Gasteiger partial charge in [-0.3, -0.25) is 4.55 Å². The molecule has 0 aliphatic rings. The lowest BCUT2D eigenvalue weighted by atomic mass is 10.1. The van der Waals surface area contributed by atoms with E-state index in [0.717, 1.165) is 12.8 Å². The largest absolute Gasteiger partial charge is 0.342 e. The summed E-state index contributed by atoms with van der Waals surface area (Å²) in [5.74, 6) is -0.876. The van der Waals surface area contributed by atoms with Crippen molar-refractivity contribution in [2.24, 2.45) is 0 Å². The van der Waals surface area contributed by atoms with Crippen molar-refractivity contribution in [2.75, 3.05) is 5.75 Å². The molecule has 15 heavy (non-hydrogen) atoms. The summed E-state index contributed by atoms with van der Waals surface area (Å²) in [5.41, 5.74) is 0. The van der Waals surface area contributed by atoms with Gasteiger partial charge in [0.2, 0.25) is 0 Å². The highest BCUT2D eigenvalue weighted by Crippen LogP contribution is 2.06. The number of carbonyl (C=O) groups is 1. The summed E-state index contributed by atoms with van der Waals surface area (Å²) >= 11 is 0. The van der Waals surface area contributed by atoms with E-state index in [4.69, 9.17) is 9.81 Å². The van der Waals surface area contributed by atoms with Gasteiger partial charge in [-0.05, 0) is 12.8 Å².